The zero-order chi connectivity index (χ0) is 13.0. The molecule has 1 unspecified atom stereocenters. The molecule has 0 radical (unpaired) electrons. The van der Waals surface area contributed by atoms with Gasteiger partial charge in [-0.3, -0.25) is 4.98 Å². The van der Waals surface area contributed by atoms with Crippen molar-refractivity contribution in [2.75, 3.05) is 6.54 Å². The first-order valence-corrected chi connectivity index (χ1v) is 7.95. The second-order valence-corrected chi connectivity index (χ2v) is 6.57. The van der Waals surface area contributed by atoms with Gasteiger partial charge in [0.05, 0.1) is 16.2 Å². The largest absolute Gasteiger partial charge is 0.309 e. The summed E-state index contributed by atoms with van der Waals surface area (Å²) in [6.07, 6.45) is 4.07. The molecular weight excluding hydrogens is 262 g/mol. The number of thiazole rings is 2. The highest BCUT2D eigenvalue weighted by molar-refractivity contribution is 7.11. The Balaban J connectivity index is 2.09. The van der Waals surface area contributed by atoms with Gasteiger partial charge in [-0.2, -0.15) is 0 Å². The van der Waals surface area contributed by atoms with Gasteiger partial charge in [0.25, 0.3) is 0 Å². The molecule has 2 rings (SSSR count). The van der Waals surface area contributed by atoms with E-state index in [1.54, 1.807) is 22.7 Å². The number of nitrogens with one attached hydrogen (secondary N) is 1. The molecule has 3 nitrogen and oxygen atoms in total. The Morgan fingerprint density at radius 1 is 1.39 bits per heavy atom. The summed E-state index contributed by atoms with van der Waals surface area (Å²) in [6.45, 7) is 7.44. The van der Waals surface area contributed by atoms with E-state index in [0.717, 1.165) is 25.1 Å². The summed E-state index contributed by atoms with van der Waals surface area (Å²) in [4.78, 5) is 11.4. The fraction of sp³-hybridized carbons (Fsp3) is 0.538. The standard InChI is InChI=1S/C13H19N3S2/c1-4-5-15-11(12-7-14-8-17-12)6-13-16-9(2)10(3)18-13/h7-8,11,15H,4-6H2,1-3H3. The van der Waals surface area contributed by atoms with Crippen molar-refractivity contribution in [3.63, 3.8) is 0 Å². The molecule has 2 aromatic rings. The molecule has 0 aromatic carbocycles. The number of nitrogens with zero attached hydrogens (tertiary/aromatic N) is 2. The van der Waals surface area contributed by atoms with Crippen LogP contribution < -0.4 is 5.32 Å². The van der Waals surface area contributed by atoms with Gasteiger partial charge in [-0.1, -0.05) is 6.92 Å². The molecule has 5 heteroatoms. The Morgan fingerprint density at radius 2 is 2.22 bits per heavy atom. The summed E-state index contributed by atoms with van der Waals surface area (Å²) in [7, 11) is 0. The van der Waals surface area contributed by atoms with Gasteiger partial charge in [0.15, 0.2) is 0 Å². The fourth-order valence-electron chi connectivity index (χ4n) is 1.79. The van der Waals surface area contributed by atoms with E-state index >= 15 is 0 Å². The molecule has 0 fully saturated rings. The molecule has 1 N–H and O–H groups in total. The maximum absolute atomic E-state index is 4.63. The Kier molecular flexibility index (Phi) is 4.86. The van der Waals surface area contributed by atoms with Gasteiger partial charge in [-0.25, -0.2) is 4.98 Å². The highest BCUT2D eigenvalue weighted by Crippen LogP contribution is 2.25. The van der Waals surface area contributed by atoms with Crippen LogP contribution in [0.5, 0.6) is 0 Å². The van der Waals surface area contributed by atoms with Crippen LogP contribution in [0.4, 0.5) is 0 Å². The van der Waals surface area contributed by atoms with Crippen LogP contribution in [0.3, 0.4) is 0 Å². The van der Waals surface area contributed by atoms with Crippen molar-refractivity contribution in [2.24, 2.45) is 0 Å². The van der Waals surface area contributed by atoms with Gasteiger partial charge in [-0.15, -0.1) is 22.7 Å². The molecule has 1 atom stereocenters. The molecule has 98 valence electrons. The first kappa shape index (κ1) is 13.6. The van der Waals surface area contributed by atoms with E-state index in [2.05, 4.69) is 36.1 Å². The normalized spacial score (nSPS) is 12.8. The highest BCUT2D eigenvalue weighted by Gasteiger charge is 2.15. The van der Waals surface area contributed by atoms with Gasteiger partial charge < -0.3 is 5.32 Å². The lowest BCUT2D eigenvalue weighted by Gasteiger charge is -2.15. The van der Waals surface area contributed by atoms with E-state index in [1.807, 2.05) is 11.7 Å². The minimum atomic E-state index is 0.349. The lowest BCUT2D eigenvalue weighted by atomic mass is 10.2. The van der Waals surface area contributed by atoms with Gasteiger partial charge in [-0.05, 0) is 26.8 Å². The zero-order valence-electron chi connectivity index (χ0n) is 11.1. The number of rotatable bonds is 6. The lowest BCUT2D eigenvalue weighted by molar-refractivity contribution is 0.534. The minimum Gasteiger partial charge on any atom is -0.309 e. The van der Waals surface area contributed by atoms with E-state index in [-0.39, 0.29) is 0 Å². The fourth-order valence-corrected chi connectivity index (χ4v) is 3.47. The zero-order valence-corrected chi connectivity index (χ0v) is 12.7. The van der Waals surface area contributed by atoms with Crippen molar-refractivity contribution in [1.29, 1.82) is 0 Å². The molecule has 0 amide bonds. The third kappa shape index (κ3) is 3.37. The maximum Gasteiger partial charge on any atom is 0.0950 e. The van der Waals surface area contributed by atoms with Crippen LogP contribution in [0.2, 0.25) is 0 Å². The molecular formula is C13H19N3S2. The van der Waals surface area contributed by atoms with Crippen molar-refractivity contribution in [1.82, 2.24) is 15.3 Å². The third-order valence-corrected chi connectivity index (χ3v) is 4.87. The molecule has 0 saturated heterocycles. The van der Waals surface area contributed by atoms with Crippen LogP contribution >= 0.6 is 22.7 Å². The third-order valence-electron chi connectivity index (χ3n) is 2.89. The molecule has 0 spiro atoms. The lowest BCUT2D eigenvalue weighted by Crippen LogP contribution is -2.23. The quantitative estimate of drug-likeness (QED) is 0.880. The Morgan fingerprint density at radius 3 is 2.78 bits per heavy atom. The van der Waals surface area contributed by atoms with Crippen LogP contribution in [-0.2, 0) is 6.42 Å². The van der Waals surface area contributed by atoms with Crippen molar-refractivity contribution >= 4 is 22.7 Å². The van der Waals surface area contributed by atoms with Gasteiger partial charge >= 0.3 is 0 Å². The van der Waals surface area contributed by atoms with Gasteiger partial charge in [0.1, 0.15) is 0 Å². The molecule has 0 aliphatic rings. The van der Waals surface area contributed by atoms with Crippen molar-refractivity contribution in [3.05, 3.63) is 32.2 Å². The predicted octanol–water partition coefficient (Wildman–Crippen LogP) is 3.50. The van der Waals surface area contributed by atoms with Crippen molar-refractivity contribution < 1.29 is 0 Å². The van der Waals surface area contributed by atoms with Gasteiger partial charge in [0.2, 0.25) is 0 Å². The summed E-state index contributed by atoms with van der Waals surface area (Å²) in [6, 6.07) is 0.349. The van der Waals surface area contributed by atoms with Crippen LogP contribution in [0.25, 0.3) is 0 Å². The topological polar surface area (TPSA) is 37.8 Å². The number of hydrogen-bond acceptors (Lipinski definition) is 5. The summed E-state index contributed by atoms with van der Waals surface area (Å²) < 4.78 is 0. The SMILES string of the molecule is CCCNC(Cc1nc(C)c(C)s1)c1cncs1. The van der Waals surface area contributed by atoms with Gasteiger partial charge in [0, 0.05) is 28.4 Å². The molecule has 0 bridgehead atoms. The smallest absolute Gasteiger partial charge is 0.0950 e. The summed E-state index contributed by atoms with van der Waals surface area (Å²) in [5.41, 5.74) is 3.06. The average Bonchev–Trinajstić information content (AvgIpc) is 2.96. The molecule has 2 aromatic heterocycles. The van der Waals surface area contributed by atoms with Crippen LogP contribution in [0, 0.1) is 13.8 Å². The molecule has 0 aliphatic carbocycles. The Hall–Kier alpha value is -0.780. The van der Waals surface area contributed by atoms with E-state index in [4.69, 9.17) is 0 Å². The van der Waals surface area contributed by atoms with Crippen molar-refractivity contribution in [2.45, 2.75) is 39.7 Å². The highest BCUT2D eigenvalue weighted by atomic mass is 32.1. The monoisotopic (exact) mass is 281 g/mol. The second-order valence-electron chi connectivity index (χ2n) is 4.36. The van der Waals surface area contributed by atoms with Crippen LogP contribution in [-0.4, -0.2) is 16.5 Å². The number of hydrogen-bond donors (Lipinski definition) is 1. The average molecular weight is 281 g/mol. The van der Waals surface area contributed by atoms with E-state index < -0.39 is 0 Å². The molecule has 18 heavy (non-hydrogen) atoms. The van der Waals surface area contributed by atoms with Crippen LogP contribution in [0.15, 0.2) is 11.7 Å². The second kappa shape index (κ2) is 6.41. The summed E-state index contributed by atoms with van der Waals surface area (Å²) in [5, 5.41) is 4.80. The Bertz CT molecular complexity index is 457. The van der Waals surface area contributed by atoms with E-state index in [9.17, 15) is 0 Å². The van der Waals surface area contributed by atoms with E-state index in [0.29, 0.717) is 6.04 Å². The van der Waals surface area contributed by atoms with E-state index in [1.165, 1.54) is 14.8 Å². The summed E-state index contributed by atoms with van der Waals surface area (Å²) in [5.74, 6) is 0. The molecule has 0 saturated carbocycles. The number of aryl methyl sites for hydroxylation is 2. The molecule has 2 heterocycles. The number of aromatic nitrogens is 2. The molecule has 0 aliphatic heterocycles. The maximum atomic E-state index is 4.63. The van der Waals surface area contributed by atoms with Crippen LogP contribution in [0.1, 0.15) is 39.8 Å². The van der Waals surface area contributed by atoms with Crippen molar-refractivity contribution in [3.8, 4) is 0 Å². The first-order chi connectivity index (χ1) is 8.70. The summed E-state index contributed by atoms with van der Waals surface area (Å²) >= 11 is 3.52. The first-order valence-electron chi connectivity index (χ1n) is 6.25. The predicted molar refractivity (Wildman–Crippen MR) is 78.4 cm³/mol. The Labute approximate surface area is 116 Å². The minimum absolute atomic E-state index is 0.349.